The number of hydrogen-bond donors (Lipinski definition) is 1. The smallest absolute Gasteiger partial charge is 0.339 e. The minimum Gasteiger partial charge on any atom is -0.509 e. The Labute approximate surface area is 58.1 Å². The summed E-state index contributed by atoms with van der Waals surface area (Å²) in [7, 11) is 1.26. The monoisotopic (exact) mass is 144 g/mol. The number of methoxy groups -OCH3 is 1. The van der Waals surface area contributed by atoms with Gasteiger partial charge in [0.15, 0.2) is 0 Å². The van der Waals surface area contributed by atoms with Crippen molar-refractivity contribution in [1.29, 1.82) is 0 Å². The van der Waals surface area contributed by atoms with Crippen LogP contribution < -0.4 is 0 Å². The van der Waals surface area contributed by atoms with E-state index in [0.29, 0.717) is 0 Å². The summed E-state index contributed by atoms with van der Waals surface area (Å²) in [4.78, 5) is 10.7. The van der Waals surface area contributed by atoms with Crippen molar-refractivity contribution in [3.63, 3.8) is 0 Å². The maximum absolute atomic E-state index is 10.7. The fourth-order valence-electron chi connectivity index (χ4n) is 0.720. The standard InChI is InChI=1S/C6H8O4/c1-9-6(8)4-2-10-3-5(4)7/h7H,2-3H2,1H3. The Morgan fingerprint density at radius 2 is 2.40 bits per heavy atom. The Hall–Kier alpha value is -1.03. The van der Waals surface area contributed by atoms with Gasteiger partial charge in [0.25, 0.3) is 0 Å². The lowest BCUT2D eigenvalue weighted by Crippen LogP contribution is -2.07. The van der Waals surface area contributed by atoms with Crippen LogP contribution in [0.1, 0.15) is 0 Å². The lowest BCUT2D eigenvalue weighted by molar-refractivity contribution is -0.136. The van der Waals surface area contributed by atoms with Crippen LogP contribution in [0.5, 0.6) is 0 Å². The number of aliphatic hydroxyl groups excluding tert-OH is 1. The van der Waals surface area contributed by atoms with E-state index in [0.717, 1.165) is 0 Å². The Balaban J connectivity index is 2.71. The first kappa shape index (κ1) is 7.08. The van der Waals surface area contributed by atoms with Gasteiger partial charge in [0.05, 0.1) is 13.7 Å². The van der Waals surface area contributed by atoms with Crippen LogP contribution in [0.4, 0.5) is 0 Å². The van der Waals surface area contributed by atoms with Crippen molar-refractivity contribution in [2.75, 3.05) is 20.3 Å². The van der Waals surface area contributed by atoms with Crippen LogP contribution in [0.25, 0.3) is 0 Å². The van der Waals surface area contributed by atoms with Crippen LogP contribution in [0.2, 0.25) is 0 Å². The van der Waals surface area contributed by atoms with Crippen molar-refractivity contribution in [3.8, 4) is 0 Å². The van der Waals surface area contributed by atoms with Crippen LogP contribution in [-0.2, 0) is 14.3 Å². The molecule has 0 aromatic heterocycles. The minimum absolute atomic E-state index is 0.0214. The highest BCUT2D eigenvalue weighted by Crippen LogP contribution is 2.11. The van der Waals surface area contributed by atoms with Gasteiger partial charge in [-0.25, -0.2) is 4.79 Å². The number of esters is 1. The molecule has 0 bridgehead atoms. The van der Waals surface area contributed by atoms with Gasteiger partial charge >= 0.3 is 5.97 Å². The summed E-state index contributed by atoms with van der Waals surface area (Å²) in [5.74, 6) is -0.540. The van der Waals surface area contributed by atoms with Crippen molar-refractivity contribution in [3.05, 3.63) is 11.3 Å². The highest BCUT2D eigenvalue weighted by atomic mass is 16.5. The highest BCUT2D eigenvalue weighted by molar-refractivity contribution is 5.89. The molecular weight excluding hydrogens is 136 g/mol. The summed E-state index contributed by atoms with van der Waals surface area (Å²) >= 11 is 0. The van der Waals surface area contributed by atoms with Gasteiger partial charge in [-0.3, -0.25) is 0 Å². The summed E-state index contributed by atoms with van der Waals surface area (Å²) in [6, 6.07) is 0. The molecule has 0 spiro atoms. The summed E-state index contributed by atoms with van der Waals surface area (Å²) in [5.41, 5.74) is 0.225. The molecular formula is C6H8O4. The zero-order chi connectivity index (χ0) is 7.56. The van der Waals surface area contributed by atoms with E-state index >= 15 is 0 Å². The molecule has 0 aromatic carbocycles. The Morgan fingerprint density at radius 3 is 2.80 bits per heavy atom. The van der Waals surface area contributed by atoms with E-state index < -0.39 is 5.97 Å². The predicted molar refractivity (Wildman–Crippen MR) is 32.5 cm³/mol. The van der Waals surface area contributed by atoms with Gasteiger partial charge in [-0.1, -0.05) is 0 Å². The number of rotatable bonds is 1. The molecule has 1 N–H and O–H groups in total. The fraction of sp³-hybridized carbons (Fsp3) is 0.500. The molecule has 0 fully saturated rings. The Bertz CT molecular complexity index is 182. The van der Waals surface area contributed by atoms with E-state index in [1.54, 1.807) is 0 Å². The fourth-order valence-corrected chi connectivity index (χ4v) is 0.720. The summed E-state index contributed by atoms with van der Waals surface area (Å²) in [6.45, 7) is 0.267. The molecule has 0 saturated heterocycles. The van der Waals surface area contributed by atoms with Gasteiger partial charge in [0, 0.05) is 0 Å². The molecule has 0 aliphatic carbocycles. The van der Waals surface area contributed by atoms with Crippen LogP contribution in [0, 0.1) is 0 Å². The molecule has 4 heteroatoms. The normalized spacial score (nSPS) is 17.7. The molecule has 0 unspecified atom stereocenters. The summed E-state index contributed by atoms with van der Waals surface area (Å²) < 4.78 is 9.14. The number of carbonyl (C=O) groups excluding carboxylic acids is 1. The zero-order valence-corrected chi connectivity index (χ0v) is 5.59. The lowest BCUT2D eigenvalue weighted by atomic mass is 10.3. The van der Waals surface area contributed by atoms with Gasteiger partial charge in [-0.15, -0.1) is 0 Å². The molecule has 0 amide bonds. The van der Waals surface area contributed by atoms with Crippen LogP contribution in [-0.4, -0.2) is 31.4 Å². The van der Waals surface area contributed by atoms with Gasteiger partial charge < -0.3 is 14.6 Å². The second-order valence-corrected chi connectivity index (χ2v) is 1.91. The van der Waals surface area contributed by atoms with E-state index in [9.17, 15) is 4.79 Å². The van der Waals surface area contributed by atoms with Crippen molar-refractivity contribution in [1.82, 2.24) is 0 Å². The third-order valence-electron chi connectivity index (χ3n) is 1.27. The molecule has 4 nitrogen and oxygen atoms in total. The van der Waals surface area contributed by atoms with Crippen LogP contribution >= 0.6 is 0 Å². The summed E-state index contributed by atoms with van der Waals surface area (Å²) in [6.07, 6.45) is 0. The van der Waals surface area contributed by atoms with Crippen molar-refractivity contribution < 1.29 is 19.4 Å². The molecule has 56 valence electrons. The molecule has 1 rings (SSSR count). The molecule has 1 aliphatic heterocycles. The van der Waals surface area contributed by atoms with Crippen LogP contribution in [0.3, 0.4) is 0 Å². The van der Waals surface area contributed by atoms with Gasteiger partial charge in [0.1, 0.15) is 17.9 Å². The SMILES string of the molecule is COC(=O)C1=C(O)COC1. The van der Waals surface area contributed by atoms with Crippen molar-refractivity contribution >= 4 is 5.97 Å². The first-order valence-corrected chi connectivity index (χ1v) is 2.82. The second-order valence-electron chi connectivity index (χ2n) is 1.91. The predicted octanol–water partition coefficient (Wildman–Crippen LogP) is 0.00170. The average molecular weight is 144 g/mol. The molecule has 0 saturated carbocycles. The van der Waals surface area contributed by atoms with E-state index in [2.05, 4.69) is 4.74 Å². The third kappa shape index (κ3) is 1.11. The number of carbonyl (C=O) groups is 1. The Kier molecular flexibility index (Phi) is 1.91. The largest absolute Gasteiger partial charge is 0.509 e. The highest BCUT2D eigenvalue weighted by Gasteiger charge is 2.21. The lowest BCUT2D eigenvalue weighted by Gasteiger charge is -1.96. The number of ether oxygens (including phenoxy) is 2. The molecule has 0 aromatic rings. The van der Waals surface area contributed by atoms with E-state index in [4.69, 9.17) is 9.84 Å². The van der Waals surface area contributed by atoms with Gasteiger partial charge in [0.2, 0.25) is 0 Å². The summed E-state index contributed by atoms with van der Waals surface area (Å²) in [5, 5.41) is 8.94. The second kappa shape index (κ2) is 2.70. The van der Waals surface area contributed by atoms with Crippen molar-refractivity contribution in [2.24, 2.45) is 0 Å². The maximum Gasteiger partial charge on any atom is 0.339 e. The first-order valence-electron chi connectivity index (χ1n) is 2.82. The average Bonchev–Trinajstić information content (AvgIpc) is 2.34. The van der Waals surface area contributed by atoms with E-state index in [1.165, 1.54) is 7.11 Å². The molecule has 10 heavy (non-hydrogen) atoms. The van der Waals surface area contributed by atoms with Crippen LogP contribution in [0.15, 0.2) is 11.3 Å². The molecule has 1 aliphatic rings. The number of aliphatic hydroxyl groups is 1. The molecule has 0 radical (unpaired) electrons. The quantitative estimate of drug-likeness (QED) is 0.526. The zero-order valence-electron chi connectivity index (χ0n) is 5.59. The molecule has 1 heterocycles. The molecule has 0 atom stereocenters. The third-order valence-corrected chi connectivity index (χ3v) is 1.27. The van der Waals surface area contributed by atoms with E-state index in [1.807, 2.05) is 0 Å². The Morgan fingerprint density at radius 1 is 1.70 bits per heavy atom. The number of hydrogen-bond acceptors (Lipinski definition) is 4. The minimum atomic E-state index is -0.519. The van der Waals surface area contributed by atoms with Crippen molar-refractivity contribution in [2.45, 2.75) is 0 Å². The van der Waals surface area contributed by atoms with Gasteiger partial charge in [-0.05, 0) is 0 Å². The van der Waals surface area contributed by atoms with Gasteiger partial charge in [-0.2, -0.15) is 0 Å². The van der Waals surface area contributed by atoms with E-state index in [-0.39, 0.29) is 24.5 Å². The first-order chi connectivity index (χ1) is 4.75. The topological polar surface area (TPSA) is 55.8 Å². The maximum atomic E-state index is 10.7.